The van der Waals surface area contributed by atoms with Gasteiger partial charge in [0.05, 0.1) is 6.42 Å². The van der Waals surface area contributed by atoms with Crippen LogP contribution in [0.4, 0.5) is 0 Å². The highest BCUT2D eigenvalue weighted by Gasteiger charge is 2.30. The Labute approximate surface area is 221 Å². The van der Waals surface area contributed by atoms with Gasteiger partial charge in [-0.1, -0.05) is 61.4 Å². The molecular formula is C24H38N4O6S2. The fraction of sp³-hybridized carbons (Fsp3) is 0.625. The molecule has 10 nitrogen and oxygen atoms in total. The number of ether oxygens (including phenoxy) is 1. The fourth-order valence-corrected chi connectivity index (χ4v) is 5.09. The molecule has 0 radical (unpaired) electrons. The topological polar surface area (TPSA) is 143 Å². The van der Waals surface area contributed by atoms with Crippen LogP contribution in [0.1, 0.15) is 47.5 Å². The highest BCUT2D eigenvalue weighted by Crippen LogP contribution is 2.21. The Morgan fingerprint density at radius 2 is 1.86 bits per heavy atom. The lowest BCUT2D eigenvalue weighted by molar-refractivity contribution is -0.153. The van der Waals surface area contributed by atoms with Gasteiger partial charge in [0, 0.05) is 18.1 Å². The standard InChI is InChI=1S/C24H38N4O6S2/c1-6-18(26-14-29)22(31)28-21(16(4)5)24(33)34-17-9-7-8-11-35-36-12-10-25-23(32)20(15(2)3)27-19(30)13-17/h6-7,9,14-17,20-21H,8,10-13H2,1-5H3,(H,25,32)(H,26,29)(H,27,30)(H,28,31)/b9-7+,18-6-/t17-,20-,21?/m1/s1. The molecule has 12 heteroatoms. The van der Waals surface area contributed by atoms with E-state index >= 15 is 0 Å². The summed E-state index contributed by atoms with van der Waals surface area (Å²) in [6, 6.07) is -1.72. The van der Waals surface area contributed by atoms with E-state index in [0.29, 0.717) is 19.4 Å². The van der Waals surface area contributed by atoms with Crippen LogP contribution in [0, 0.1) is 11.8 Å². The normalized spacial score (nSPS) is 22.4. The van der Waals surface area contributed by atoms with E-state index in [-0.39, 0.29) is 29.9 Å². The first kappa shape index (κ1) is 31.6. The van der Waals surface area contributed by atoms with Crippen molar-refractivity contribution in [1.29, 1.82) is 0 Å². The zero-order valence-electron chi connectivity index (χ0n) is 21.5. The molecule has 1 unspecified atom stereocenters. The molecule has 1 aliphatic heterocycles. The van der Waals surface area contributed by atoms with Crippen molar-refractivity contribution in [3.8, 4) is 0 Å². The van der Waals surface area contributed by atoms with Crippen LogP contribution < -0.4 is 21.3 Å². The van der Waals surface area contributed by atoms with E-state index in [0.717, 1.165) is 11.5 Å². The van der Waals surface area contributed by atoms with Crippen molar-refractivity contribution in [2.75, 3.05) is 18.1 Å². The second-order valence-electron chi connectivity index (χ2n) is 8.78. The molecule has 0 saturated carbocycles. The zero-order valence-corrected chi connectivity index (χ0v) is 23.1. The number of carbonyl (C=O) groups is 5. The monoisotopic (exact) mass is 542 g/mol. The minimum Gasteiger partial charge on any atom is -0.456 e. The van der Waals surface area contributed by atoms with Gasteiger partial charge in [0.15, 0.2) is 0 Å². The van der Waals surface area contributed by atoms with Gasteiger partial charge in [-0.05, 0) is 31.3 Å². The van der Waals surface area contributed by atoms with Crippen molar-refractivity contribution in [2.45, 2.75) is 65.6 Å². The van der Waals surface area contributed by atoms with Crippen molar-refractivity contribution in [3.63, 3.8) is 0 Å². The first-order valence-corrected chi connectivity index (χ1v) is 14.4. The lowest BCUT2D eigenvalue weighted by atomic mass is 10.0. The number of allylic oxidation sites excluding steroid dienone is 2. The van der Waals surface area contributed by atoms with Gasteiger partial charge in [0.25, 0.3) is 5.91 Å². The second-order valence-corrected chi connectivity index (χ2v) is 11.5. The maximum Gasteiger partial charge on any atom is 0.329 e. The molecule has 4 amide bonds. The van der Waals surface area contributed by atoms with Crippen molar-refractivity contribution in [2.24, 2.45) is 11.8 Å². The summed E-state index contributed by atoms with van der Waals surface area (Å²) in [6.45, 7) is 9.26. The Kier molecular flexibility index (Phi) is 15.0. The van der Waals surface area contributed by atoms with Crippen molar-refractivity contribution in [3.05, 3.63) is 23.9 Å². The van der Waals surface area contributed by atoms with E-state index in [1.807, 2.05) is 19.9 Å². The maximum absolute atomic E-state index is 13.0. The van der Waals surface area contributed by atoms with Crippen LogP contribution in [0.5, 0.6) is 0 Å². The van der Waals surface area contributed by atoms with E-state index in [1.54, 1.807) is 48.4 Å². The second kappa shape index (κ2) is 17.1. The Morgan fingerprint density at radius 3 is 2.47 bits per heavy atom. The SMILES string of the molecule is C/C=C(\NC=O)C(=O)NC(C(=O)O[C@@H]1/C=C/CCSSCCNC(=O)[C@@H](C(C)C)NC(=O)C1)C(C)C. The van der Waals surface area contributed by atoms with Gasteiger partial charge in [0.2, 0.25) is 18.2 Å². The van der Waals surface area contributed by atoms with Gasteiger partial charge >= 0.3 is 5.97 Å². The summed E-state index contributed by atoms with van der Waals surface area (Å²) in [4.78, 5) is 61.6. The van der Waals surface area contributed by atoms with E-state index in [2.05, 4.69) is 21.3 Å². The van der Waals surface area contributed by atoms with E-state index < -0.39 is 36.0 Å². The number of hydrogen-bond acceptors (Lipinski definition) is 8. The highest BCUT2D eigenvalue weighted by molar-refractivity contribution is 8.76. The minimum atomic E-state index is -1.00. The molecule has 202 valence electrons. The summed E-state index contributed by atoms with van der Waals surface area (Å²) >= 11 is 0. The van der Waals surface area contributed by atoms with E-state index in [4.69, 9.17) is 4.74 Å². The molecule has 1 rings (SSSR count). The van der Waals surface area contributed by atoms with Crippen LogP contribution in [0.25, 0.3) is 0 Å². The minimum absolute atomic E-state index is 0.00464. The molecule has 0 aromatic rings. The van der Waals surface area contributed by atoms with Gasteiger partial charge in [-0.15, -0.1) is 0 Å². The zero-order chi connectivity index (χ0) is 27.1. The number of amides is 4. The molecule has 4 N–H and O–H groups in total. The van der Waals surface area contributed by atoms with Gasteiger partial charge in [-0.3, -0.25) is 19.2 Å². The van der Waals surface area contributed by atoms with Gasteiger partial charge < -0.3 is 26.0 Å². The van der Waals surface area contributed by atoms with Gasteiger partial charge in [0.1, 0.15) is 23.9 Å². The molecule has 0 fully saturated rings. The molecule has 1 aliphatic rings. The van der Waals surface area contributed by atoms with Crippen LogP contribution in [-0.4, -0.2) is 66.3 Å². The summed E-state index contributed by atoms with van der Waals surface area (Å²) in [7, 11) is 3.33. The van der Waals surface area contributed by atoms with Gasteiger partial charge in [-0.25, -0.2) is 4.79 Å². The number of nitrogens with one attached hydrogen (secondary N) is 4. The Morgan fingerprint density at radius 1 is 1.17 bits per heavy atom. The molecule has 1 heterocycles. The largest absolute Gasteiger partial charge is 0.456 e. The average molecular weight is 543 g/mol. The third-order valence-corrected chi connectivity index (χ3v) is 7.60. The number of hydrogen-bond donors (Lipinski definition) is 4. The number of esters is 1. The van der Waals surface area contributed by atoms with E-state index in [1.165, 1.54) is 6.08 Å². The first-order valence-electron chi connectivity index (χ1n) is 12.0. The summed E-state index contributed by atoms with van der Waals surface area (Å²) in [5.41, 5.74) is 0.00464. The summed E-state index contributed by atoms with van der Waals surface area (Å²) in [6.07, 6.45) is 4.96. The molecule has 0 aromatic heterocycles. The summed E-state index contributed by atoms with van der Waals surface area (Å²) in [5.74, 6) is -0.909. The van der Waals surface area contributed by atoms with Crippen LogP contribution in [0.3, 0.4) is 0 Å². The molecule has 0 saturated heterocycles. The van der Waals surface area contributed by atoms with Crippen molar-refractivity contribution < 1.29 is 28.7 Å². The van der Waals surface area contributed by atoms with Crippen LogP contribution >= 0.6 is 21.6 Å². The first-order chi connectivity index (χ1) is 17.1. The number of carbonyl (C=O) groups excluding carboxylic acids is 5. The van der Waals surface area contributed by atoms with E-state index in [9.17, 15) is 24.0 Å². The van der Waals surface area contributed by atoms with Crippen molar-refractivity contribution >= 4 is 51.7 Å². The Bertz CT molecular complexity index is 831. The molecule has 36 heavy (non-hydrogen) atoms. The third kappa shape index (κ3) is 11.5. The molecular weight excluding hydrogens is 504 g/mol. The summed E-state index contributed by atoms with van der Waals surface area (Å²) < 4.78 is 5.64. The molecule has 0 aliphatic carbocycles. The van der Waals surface area contributed by atoms with Crippen LogP contribution in [-0.2, 0) is 28.7 Å². The van der Waals surface area contributed by atoms with Crippen molar-refractivity contribution in [1.82, 2.24) is 21.3 Å². The predicted octanol–water partition coefficient (Wildman–Crippen LogP) is 1.68. The highest BCUT2D eigenvalue weighted by atomic mass is 33.1. The predicted molar refractivity (Wildman–Crippen MR) is 143 cm³/mol. The Hall–Kier alpha value is -2.47. The van der Waals surface area contributed by atoms with Crippen LogP contribution in [0.15, 0.2) is 23.9 Å². The third-order valence-electron chi connectivity index (χ3n) is 5.16. The molecule has 3 atom stereocenters. The lowest BCUT2D eigenvalue weighted by Gasteiger charge is -2.25. The Balaban J connectivity index is 3.03. The maximum atomic E-state index is 13.0. The summed E-state index contributed by atoms with van der Waals surface area (Å²) in [5, 5.41) is 10.5. The average Bonchev–Trinajstić information content (AvgIpc) is 2.82. The smallest absolute Gasteiger partial charge is 0.329 e. The molecule has 0 aromatic carbocycles. The quantitative estimate of drug-likeness (QED) is 0.119. The van der Waals surface area contributed by atoms with Crippen LogP contribution in [0.2, 0.25) is 0 Å². The number of rotatable bonds is 8. The van der Waals surface area contributed by atoms with Gasteiger partial charge in [-0.2, -0.15) is 0 Å². The molecule has 0 bridgehead atoms. The lowest BCUT2D eigenvalue weighted by Crippen LogP contribution is -2.51. The fourth-order valence-electron chi connectivity index (χ4n) is 3.19. The molecule has 0 spiro atoms.